The number of rotatable bonds is 10. The molecule has 0 radical (unpaired) electrons. The van der Waals surface area contributed by atoms with Gasteiger partial charge in [0.25, 0.3) is 10.0 Å². The van der Waals surface area contributed by atoms with Gasteiger partial charge in [-0.3, -0.25) is 14.4 Å². The van der Waals surface area contributed by atoms with Gasteiger partial charge in [0.2, 0.25) is 11.0 Å². The van der Waals surface area contributed by atoms with E-state index in [1.165, 1.54) is 48.4 Å². The summed E-state index contributed by atoms with van der Waals surface area (Å²) in [6.07, 6.45) is 0. The Kier molecular flexibility index (Phi) is 8.47. The summed E-state index contributed by atoms with van der Waals surface area (Å²) in [6.45, 7) is -0.528. The maximum atomic E-state index is 13.5. The number of ether oxygens (including phenoxy) is 1. The monoisotopic (exact) mass is 560 g/mol. The molecule has 0 aliphatic carbocycles. The Hall–Kier alpha value is -3.12. The number of nitrogens with one attached hydrogen (secondary N) is 1. The second-order valence-electron chi connectivity index (χ2n) is 7.34. The molecule has 36 heavy (non-hydrogen) atoms. The van der Waals surface area contributed by atoms with Crippen LogP contribution in [0.5, 0.6) is 5.75 Å². The zero-order chi connectivity index (χ0) is 25.5. The van der Waals surface area contributed by atoms with Crippen molar-refractivity contribution in [3.63, 3.8) is 0 Å². The van der Waals surface area contributed by atoms with Crippen LogP contribution in [-0.2, 0) is 20.6 Å². The zero-order valence-corrected chi connectivity index (χ0v) is 22.2. The zero-order valence-electron chi connectivity index (χ0n) is 19.0. The maximum Gasteiger partial charge on any atom is 0.264 e. The van der Waals surface area contributed by atoms with Gasteiger partial charge in [-0.05, 0) is 35.9 Å². The molecule has 0 atom stereocenters. The first kappa shape index (κ1) is 26.0. The number of halogens is 1. The third-order valence-corrected chi connectivity index (χ3v) is 8.94. The Bertz CT molecular complexity index is 1430. The van der Waals surface area contributed by atoms with E-state index in [9.17, 15) is 13.2 Å². The topological polar surface area (TPSA) is 101 Å². The molecule has 0 saturated heterocycles. The average molecular weight is 561 g/mol. The average Bonchev–Trinajstić information content (AvgIpc) is 3.34. The quantitative estimate of drug-likeness (QED) is 0.207. The molecule has 8 nitrogen and oxygen atoms in total. The Morgan fingerprint density at radius 2 is 1.75 bits per heavy atom. The van der Waals surface area contributed by atoms with Crippen LogP contribution in [0.15, 0.2) is 88.1 Å². The van der Waals surface area contributed by atoms with E-state index in [2.05, 4.69) is 15.5 Å². The van der Waals surface area contributed by atoms with Crippen molar-refractivity contribution < 1.29 is 17.9 Å². The number of methoxy groups -OCH3 is 1. The molecule has 0 bridgehead atoms. The summed E-state index contributed by atoms with van der Waals surface area (Å²) in [6, 6.07) is 22.3. The van der Waals surface area contributed by atoms with Crippen molar-refractivity contribution in [2.45, 2.75) is 15.0 Å². The predicted octanol–water partition coefficient (Wildman–Crippen LogP) is 5.33. The molecule has 1 heterocycles. The normalized spacial score (nSPS) is 11.2. The van der Waals surface area contributed by atoms with Crippen LogP contribution in [0.25, 0.3) is 0 Å². The van der Waals surface area contributed by atoms with Gasteiger partial charge < -0.3 is 4.74 Å². The summed E-state index contributed by atoms with van der Waals surface area (Å²) < 4.78 is 34.1. The summed E-state index contributed by atoms with van der Waals surface area (Å²) in [4.78, 5) is 13.0. The van der Waals surface area contributed by atoms with E-state index >= 15 is 0 Å². The van der Waals surface area contributed by atoms with Gasteiger partial charge in [-0.25, -0.2) is 8.42 Å². The number of aromatic nitrogens is 2. The van der Waals surface area contributed by atoms with E-state index in [0.29, 0.717) is 15.1 Å². The van der Waals surface area contributed by atoms with E-state index in [4.69, 9.17) is 16.3 Å². The number of thioether (sulfide) groups is 1. The molecule has 4 aromatic rings. The van der Waals surface area contributed by atoms with Crippen LogP contribution >= 0.6 is 34.7 Å². The number of sulfonamides is 1. The highest BCUT2D eigenvalue weighted by molar-refractivity contribution is 8.00. The largest absolute Gasteiger partial charge is 0.495 e. The van der Waals surface area contributed by atoms with Crippen molar-refractivity contribution in [1.82, 2.24) is 10.2 Å². The summed E-state index contributed by atoms with van der Waals surface area (Å²) in [5, 5.41) is 11.3. The highest BCUT2D eigenvalue weighted by atomic mass is 35.5. The molecule has 186 valence electrons. The second-order valence-corrected chi connectivity index (χ2v) is 11.8. The fourth-order valence-corrected chi connectivity index (χ4v) is 6.54. The van der Waals surface area contributed by atoms with Crippen LogP contribution in [0.4, 0.5) is 10.8 Å². The SMILES string of the molecule is COc1ccc(Cl)cc1N(CC(=O)Nc1nnc(SCc2ccccc2)s1)S(=O)(=O)c1ccccc1. The highest BCUT2D eigenvalue weighted by Gasteiger charge is 2.30. The van der Waals surface area contributed by atoms with Crippen LogP contribution in [-0.4, -0.2) is 38.2 Å². The summed E-state index contributed by atoms with van der Waals surface area (Å²) in [5.74, 6) is 0.371. The van der Waals surface area contributed by atoms with Crippen LogP contribution in [0, 0.1) is 0 Å². The minimum atomic E-state index is -4.13. The first-order chi connectivity index (χ1) is 17.4. The molecule has 0 saturated carbocycles. The number of anilines is 2. The van der Waals surface area contributed by atoms with Gasteiger partial charge in [-0.1, -0.05) is 83.2 Å². The van der Waals surface area contributed by atoms with Crippen molar-refractivity contribution in [2.75, 3.05) is 23.3 Å². The summed E-state index contributed by atoms with van der Waals surface area (Å²) in [5.41, 5.74) is 1.28. The fourth-order valence-electron chi connectivity index (χ4n) is 3.20. The van der Waals surface area contributed by atoms with Crippen LogP contribution in [0.3, 0.4) is 0 Å². The Morgan fingerprint density at radius 1 is 1.06 bits per heavy atom. The minimum absolute atomic E-state index is 0.0235. The molecule has 0 aliphatic rings. The molecule has 12 heteroatoms. The molecule has 0 fully saturated rings. The van der Waals surface area contributed by atoms with E-state index in [-0.39, 0.29) is 21.5 Å². The maximum absolute atomic E-state index is 13.5. The number of hydrogen-bond acceptors (Lipinski definition) is 8. The van der Waals surface area contributed by atoms with Gasteiger partial charge in [-0.2, -0.15) is 0 Å². The van der Waals surface area contributed by atoms with Crippen LogP contribution < -0.4 is 14.4 Å². The molecule has 1 amide bonds. The van der Waals surface area contributed by atoms with Crippen molar-refractivity contribution in [3.8, 4) is 5.75 Å². The van der Waals surface area contributed by atoms with Crippen molar-refractivity contribution in [2.24, 2.45) is 0 Å². The number of amides is 1. The molecule has 0 spiro atoms. The highest BCUT2D eigenvalue weighted by Crippen LogP contribution is 2.35. The van der Waals surface area contributed by atoms with E-state index in [1.807, 2.05) is 30.3 Å². The molecule has 1 aromatic heterocycles. The molecular formula is C24H21ClN4O4S3. The predicted molar refractivity (Wildman–Crippen MR) is 144 cm³/mol. The van der Waals surface area contributed by atoms with Crippen molar-refractivity contribution in [3.05, 3.63) is 89.4 Å². The van der Waals surface area contributed by atoms with Gasteiger partial charge >= 0.3 is 0 Å². The smallest absolute Gasteiger partial charge is 0.264 e. The molecule has 3 aromatic carbocycles. The van der Waals surface area contributed by atoms with Crippen molar-refractivity contribution in [1.29, 1.82) is 0 Å². The van der Waals surface area contributed by atoms with Gasteiger partial charge in [0.1, 0.15) is 12.3 Å². The first-order valence-electron chi connectivity index (χ1n) is 10.6. The summed E-state index contributed by atoms with van der Waals surface area (Å²) >= 11 is 8.87. The Morgan fingerprint density at radius 3 is 2.44 bits per heavy atom. The molecular weight excluding hydrogens is 540 g/mol. The Labute approximate surface area is 222 Å². The third-order valence-electron chi connectivity index (χ3n) is 4.89. The lowest BCUT2D eigenvalue weighted by Crippen LogP contribution is -2.38. The standard InChI is InChI=1S/C24H21ClN4O4S3/c1-33-21-13-12-18(25)14-20(21)29(36(31,32)19-10-6-3-7-11-19)15-22(30)26-23-27-28-24(35-23)34-16-17-8-4-2-5-9-17/h2-14H,15-16H2,1H3,(H,26,27,30). The number of nitrogens with zero attached hydrogens (tertiary/aromatic N) is 3. The molecule has 0 aliphatic heterocycles. The lowest BCUT2D eigenvalue weighted by molar-refractivity contribution is -0.114. The number of benzene rings is 3. The number of carbonyl (C=O) groups excluding carboxylic acids is 1. The van der Waals surface area contributed by atoms with Crippen LogP contribution in [0.1, 0.15) is 5.56 Å². The number of hydrogen-bond donors (Lipinski definition) is 1. The Balaban J connectivity index is 1.54. The second kappa shape index (κ2) is 11.7. The van der Waals surface area contributed by atoms with Crippen molar-refractivity contribution >= 4 is 61.4 Å². The lowest BCUT2D eigenvalue weighted by atomic mass is 10.2. The minimum Gasteiger partial charge on any atom is -0.495 e. The third kappa shape index (κ3) is 6.35. The van der Waals surface area contributed by atoms with Crippen LogP contribution in [0.2, 0.25) is 5.02 Å². The van der Waals surface area contributed by atoms with E-state index < -0.39 is 22.5 Å². The molecule has 0 unspecified atom stereocenters. The first-order valence-corrected chi connectivity index (χ1v) is 14.2. The van der Waals surface area contributed by atoms with Gasteiger partial charge in [0, 0.05) is 10.8 Å². The summed E-state index contributed by atoms with van der Waals surface area (Å²) in [7, 11) is -2.72. The van der Waals surface area contributed by atoms with E-state index in [0.717, 1.165) is 9.87 Å². The fraction of sp³-hybridized carbons (Fsp3) is 0.125. The van der Waals surface area contributed by atoms with Gasteiger partial charge in [0.15, 0.2) is 4.34 Å². The lowest BCUT2D eigenvalue weighted by Gasteiger charge is -2.25. The molecule has 1 N–H and O–H groups in total. The van der Waals surface area contributed by atoms with Gasteiger partial charge in [-0.15, -0.1) is 10.2 Å². The van der Waals surface area contributed by atoms with E-state index in [1.54, 1.807) is 30.3 Å². The number of carbonyl (C=O) groups is 1. The van der Waals surface area contributed by atoms with Gasteiger partial charge in [0.05, 0.1) is 17.7 Å². The molecule has 4 rings (SSSR count).